The van der Waals surface area contributed by atoms with Gasteiger partial charge < -0.3 is 14.3 Å². The number of halogens is 4. The molecule has 3 aliphatic rings. The van der Waals surface area contributed by atoms with E-state index in [-0.39, 0.29) is 17.0 Å². The van der Waals surface area contributed by atoms with Gasteiger partial charge in [0.15, 0.2) is 11.6 Å². The van der Waals surface area contributed by atoms with Crippen LogP contribution in [0.3, 0.4) is 0 Å². The van der Waals surface area contributed by atoms with E-state index in [1.165, 1.54) is 6.07 Å². The molecule has 136 valence electrons. The molecule has 1 aromatic heterocycles. The second-order valence-electron chi connectivity index (χ2n) is 6.39. The number of aromatic nitrogens is 1. The molecule has 0 aliphatic carbocycles. The molecule has 5 rings (SSSR count). The predicted molar refractivity (Wildman–Crippen MR) is 94.1 cm³/mol. The van der Waals surface area contributed by atoms with Crippen molar-refractivity contribution in [2.75, 3.05) is 31.1 Å². The summed E-state index contributed by atoms with van der Waals surface area (Å²) in [4.78, 5) is 4.66. The highest BCUT2D eigenvalue weighted by atomic mass is 79.9. The maximum Gasteiger partial charge on any atom is 0.416 e. The third-order valence-corrected chi connectivity index (χ3v) is 4.92. The summed E-state index contributed by atoms with van der Waals surface area (Å²) in [7, 11) is 0. The molecule has 2 bridgehead atoms. The molecule has 1 aromatic carbocycles. The van der Waals surface area contributed by atoms with Crippen LogP contribution < -0.4 is 4.90 Å². The Morgan fingerprint density at radius 2 is 1.80 bits per heavy atom. The first-order chi connectivity index (χ1) is 11.5. The molecule has 0 atom stereocenters. The SMILES string of the molecule is Br.FC(F)(F)c1cccc(-c2cc(N3CCN4CCC3CC4)no2)c1. The van der Waals surface area contributed by atoms with Gasteiger partial charge in [0.1, 0.15) is 0 Å². The van der Waals surface area contributed by atoms with Gasteiger partial charge in [0.05, 0.1) is 5.56 Å². The molecule has 4 heterocycles. The molecular weight excluding hydrogens is 399 g/mol. The molecule has 8 heteroatoms. The first-order valence-corrected chi connectivity index (χ1v) is 8.14. The molecular formula is C17H19BrF3N3O. The first kappa shape index (κ1) is 18.3. The van der Waals surface area contributed by atoms with Gasteiger partial charge in [0, 0.05) is 43.9 Å². The lowest BCUT2D eigenvalue weighted by molar-refractivity contribution is -0.137. The molecule has 0 saturated carbocycles. The summed E-state index contributed by atoms with van der Waals surface area (Å²) in [6, 6.07) is 7.35. The second-order valence-corrected chi connectivity index (χ2v) is 6.39. The zero-order chi connectivity index (χ0) is 16.7. The number of hydrogen-bond donors (Lipinski definition) is 0. The molecule has 0 spiro atoms. The highest BCUT2D eigenvalue weighted by Gasteiger charge is 2.32. The third-order valence-electron chi connectivity index (χ3n) is 4.92. The van der Waals surface area contributed by atoms with Crippen molar-refractivity contribution in [1.82, 2.24) is 10.1 Å². The van der Waals surface area contributed by atoms with E-state index in [1.807, 2.05) is 0 Å². The Hall–Kier alpha value is -1.54. The van der Waals surface area contributed by atoms with Crippen LogP contribution in [0.4, 0.5) is 19.0 Å². The van der Waals surface area contributed by atoms with Gasteiger partial charge in [-0.25, -0.2) is 0 Å². The van der Waals surface area contributed by atoms with Gasteiger partial charge in [-0.1, -0.05) is 17.3 Å². The normalized spacial score (nSPS) is 23.2. The van der Waals surface area contributed by atoms with Crippen LogP contribution in [0.5, 0.6) is 0 Å². The second kappa shape index (κ2) is 6.99. The zero-order valence-electron chi connectivity index (χ0n) is 13.5. The monoisotopic (exact) mass is 417 g/mol. The van der Waals surface area contributed by atoms with Crippen LogP contribution in [-0.4, -0.2) is 42.3 Å². The Labute approximate surface area is 154 Å². The van der Waals surface area contributed by atoms with E-state index in [1.54, 1.807) is 12.1 Å². The molecule has 0 unspecified atom stereocenters. The summed E-state index contributed by atoms with van der Waals surface area (Å²) >= 11 is 0. The standard InChI is InChI=1S/C17H18F3N3O.BrH/c18-17(19,20)13-3-1-2-12(10-13)15-11-16(21-24-15)23-9-8-22-6-4-14(23)5-7-22;/h1-3,10-11,14H,4-9H2;1H. The first-order valence-electron chi connectivity index (χ1n) is 8.14. The van der Waals surface area contributed by atoms with Crippen LogP contribution in [0.15, 0.2) is 34.9 Å². The molecule has 3 saturated heterocycles. The zero-order valence-corrected chi connectivity index (χ0v) is 15.2. The maximum atomic E-state index is 12.9. The fourth-order valence-electron chi connectivity index (χ4n) is 3.57. The van der Waals surface area contributed by atoms with Crippen molar-refractivity contribution < 1.29 is 17.7 Å². The lowest BCUT2D eigenvalue weighted by Crippen LogP contribution is -2.38. The van der Waals surface area contributed by atoms with E-state index < -0.39 is 11.7 Å². The average Bonchev–Trinajstić information content (AvgIpc) is 2.87. The molecule has 3 fully saturated rings. The maximum absolute atomic E-state index is 12.9. The highest BCUT2D eigenvalue weighted by Crippen LogP contribution is 2.34. The van der Waals surface area contributed by atoms with Crippen LogP contribution in [0.25, 0.3) is 11.3 Å². The Kier molecular flexibility index (Phi) is 5.11. The van der Waals surface area contributed by atoms with Crippen LogP contribution >= 0.6 is 17.0 Å². The van der Waals surface area contributed by atoms with E-state index in [0.29, 0.717) is 17.4 Å². The number of nitrogens with zero attached hydrogens (tertiary/aromatic N) is 3. The largest absolute Gasteiger partial charge is 0.416 e. The number of anilines is 1. The van der Waals surface area contributed by atoms with Gasteiger partial charge in [-0.3, -0.25) is 0 Å². The smallest absolute Gasteiger partial charge is 0.354 e. The van der Waals surface area contributed by atoms with Crippen LogP contribution in [0.2, 0.25) is 0 Å². The van der Waals surface area contributed by atoms with Crippen molar-refractivity contribution in [3.8, 4) is 11.3 Å². The van der Waals surface area contributed by atoms with Gasteiger partial charge in [0.2, 0.25) is 0 Å². The van der Waals surface area contributed by atoms with E-state index in [4.69, 9.17) is 4.52 Å². The van der Waals surface area contributed by atoms with Gasteiger partial charge in [-0.05, 0) is 25.0 Å². The predicted octanol–water partition coefficient (Wildman–Crippen LogP) is 4.22. The van der Waals surface area contributed by atoms with Crippen LogP contribution in [0, 0.1) is 0 Å². The van der Waals surface area contributed by atoms with Crippen molar-refractivity contribution in [3.63, 3.8) is 0 Å². The van der Waals surface area contributed by atoms with Crippen LogP contribution in [-0.2, 0) is 6.18 Å². The molecule has 3 aliphatic heterocycles. The van der Waals surface area contributed by atoms with Crippen molar-refractivity contribution >= 4 is 22.8 Å². The minimum Gasteiger partial charge on any atom is -0.354 e. The summed E-state index contributed by atoms with van der Waals surface area (Å²) in [5, 5.41) is 4.12. The number of alkyl halides is 3. The Balaban J connectivity index is 0.00000182. The average molecular weight is 418 g/mol. The van der Waals surface area contributed by atoms with E-state index >= 15 is 0 Å². The number of benzene rings is 1. The summed E-state index contributed by atoms with van der Waals surface area (Å²) < 4.78 is 43.9. The van der Waals surface area contributed by atoms with Crippen molar-refractivity contribution in [2.45, 2.75) is 25.1 Å². The third kappa shape index (κ3) is 3.69. The molecule has 2 aromatic rings. The van der Waals surface area contributed by atoms with E-state index in [0.717, 1.165) is 57.0 Å². The number of fused-ring (bicyclic) bond motifs is 4. The van der Waals surface area contributed by atoms with Crippen molar-refractivity contribution in [2.24, 2.45) is 0 Å². The fourth-order valence-corrected chi connectivity index (χ4v) is 3.57. The van der Waals surface area contributed by atoms with Gasteiger partial charge in [-0.15, -0.1) is 17.0 Å². The lowest BCUT2D eigenvalue weighted by atomic mass is 10.1. The van der Waals surface area contributed by atoms with Gasteiger partial charge in [0.25, 0.3) is 0 Å². The van der Waals surface area contributed by atoms with Crippen LogP contribution in [0.1, 0.15) is 18.4 Å². The molecule has 4 nitrogen and oxygen atoms in total. The summed E-state index contributed by atoms with van der Waals surface area (Å²) in [5.74, 6) is 1.09. The van der Waals surface area contributed by atoms with Gasteiger partial charge in [-0.2, -0.15) is 13.2 Å². The Morgan fingerprint density at radius 1 is 1.04 bits per heavy atom. The number of hydrogen-bond acceptors (Lipinski definition) is 4. The summed E-state index contributed by atoms with van der Waals surface area (Å²) in [5.41, 5.74) is -0.286. The van der Waals surface area contributed by atoms with Crippen molar-refractivity contribution in [3.05, 3.63) is 35.9 Å². The molecule has 25 heavy (non-hydrogen) atoms. The van der Waals surface area contributed by atoms with E-state index in [9.17, 15) is 13.2 Å². The highest BCUT2D eigenvalue weighted by molar-refractivity contribution is 8.93. The van der Waals surface area contributed by atoms with E-state index in [2.05, 4.69) is 15.0 Å². The Bertz CT molecular complexity index is 726. The lowest BCUT2D eigenvalue weighted by Gasteiger charge is -2.30. The van der Waals surface area contributed by atoms with Crippen molar-refractivity contribution in [1.29, 1.82) is 0 Å². The molecule has 0 radical (unpaired) electrons. The fraction of sp³-hybridized carbons (Fsp3) is 0.471. The summed E-state index contributed by atoms with van der Waals surface area (Å²) in [6.45, 7) is 4.06. The number of piperidine rings is 1. The number of rotatable bonds is 2. The molecule has 0 amide bonds. The Morgan fingerprint density at radius 3 is 2.52 bits per heavy atom. The molecule has 0 N–H and O–H groups in total. The van der Waals surface area contributed by atoms with Gasteiger partial charge >= 0.3 is 6.18 Å². The quantitative estimate of drug-likeness (QED) is 0.731. The minimum atomic E-state index is -4.36. The summed E-state index contributed by atoms with van der Waals surface area (Å²) in [6.07, 6.45) is -2.19. The minimum absolute atomic E-state index is 0. The topological polar surface area (TPSA) is 32.5 Å².